The van der Waals surface area contributed by atoms with Gasteiger partial charge in [-0.1, -0.05) is 25.6 Å². The Bertz CT molecular complexity index is 1090. The molecule has 1 aliphatic heterocycles. The summed E-state index contributed by atoms with van der Waals surface area (Å²) in [5, 5.41) is 25.1. The molecule has 7 atom stereocenters. The lowest BCUT2D eigenvalue weighted by Crippen LogP contribution is -2.46. The summed E-state index contributed by atoms with van der Waals surface area (Å²) in [6.07, 6.45) is -7.71. The molecule has 42 heavy (non-hydrogen) atoms. The lowest BCUT2D eigenvalue weighted by atomic mass is 9.87. The van der Waals surface area contributed by atoms with Crippen LogP contribution in [0.15, 0.2) is 0 Å². The molecule has 1 aliphatic rings. The lowest BCUT2D eigenvalue weighted by Gasteiger charge is -2.30. The van der Waals surface area contributed by atoms with Gasteiger partial charge in [-0.25, -0.2) is 13.7 Å². The third kappa shape index (κ3) is 14.8. The zero-order chi connectivity index (χ0) is 32.5. The average molecular weight is 690 g/mol. The van der Waals surface area contributed by atoms with Crippen LogP contribution < -0.4 is 10.6 Å². The largest absolute Gasteiger partial charge is 0.481 e. The Hall–Kier alpha value is -0.790. The summed E-state index contributed by atoms with van der Waals surface area (Å²) in [5.41, 5.74) is -1.56. The number of phosphoric acid groups is 3. The van der Waals surface area contributed by atoms with E-state index in [0.717, 1.165) is 11.8 Å². The monoisotopic (exact) mass is 690 g/mol. The van der Waals surface area contributed by atoms with Gasteiger partial charge >= 0.3 is 23.5 Å². The molecule has 0 bridgehead atoms. The number of hydrogen-bond acceptors (Lipinski definition) is 14. The first-order valence-corrected chi connectivity index (χ1v) is 17.7. The van der Waals surface area contributed by atoms with Crippen LogP contribution in [-0.4, -0.2) is 109 Å². The molecule has 0 aliphatic carbocycles. The minimum Gasteiger partial charge on any atom is -0.388 e. The van der Waals surface area contributed by atoms with E-state index in [1.807, 2.05) is 0 Å². The number of carbonyl (C=O) groups is 3. The molecule has 0 spiro atoms. The van der Waals surface area contributed by atoms with Crippen LogP contribution in [-0.2, 0) is 50.7 Å². The van der Waals surface area contributed by atoms with Gasteiger partial charge in [-0.2, -0.15) is 4.31 Å². The molecular weight excluding hydrogens is 653 g/mol. The summed E-state index contributed by atoms with van der Waals surface area (Å²) < 4.78 is 58.6. The van der Waals surface area contributed by atoms with Crippen LogP contribution in [0.1, 0.15) is 34.1 Å². The molecule has 8 N–H and O–H groups in total. The lowest BCUT2D eigenvalue weighted by molar-refractivity contribution is -0.137. The molecule has 19 nitrogen and oxygen atoms in total. The van der Waals surface area contributed by atoms with E-state index in [2.05, 4.69) is 28.5 Å². The quantitative estimate of drug-likeness (QED) is 0.0642. The van der Waals surface area contributed by atoms with E-state index in [1.165, 1.54) is 27.7 Å². The highest BCUT2D eigenvalue weighted by Gasteiger charge is 2.47. The van der Waals surface area contributed by atoms with Gasteiger partial charge in [-0.15, -0.1) is 0 Å². The predicted molar refractivity (Wildman–Crippen MR) is 143 cm³/mol. The van der Waals surface area contributed by atoms with Gasteiger partial charge in [0.05, 0.1) is 19.3 Å². The van der Waals surface area contributed by atoms with Crippen LogP contribution >= 0.6 is 35.2 Å². The summed E-state index contributed by atoms with van der Waals surface area (Å²) >= 11 is 1.03. The SMILES string of the molecule is CC(=O)SCCNC(=O)CCNC(=O)C(O)C(C)(C)COP(=O)(O)OP(=O)(O)OCC1OC(C)[C@H](O)C1OP(=O)(O)O. The molecule has 0 aromatic rings. The Morgan fingerprint density at radius 2 is 1.62 bits per heavy atom. The van der Waals surface area contributed by atoms with Crippen molar-refractivity contribution in [3.05, 3.63) is 0 Å². The van der Waals surface area contributed by atoms with Gasteiger partial charge in [0.1, 0.15) is 24.4 Å². The van der Waals surface area contributed by atoms with E-state index < -0.39 is 84.4 Å². The molecular formula is C19H37N2O17P3S. The number of rotatable bonds is 18. The van der Waals surface area contributed by atoms with Crippen molar-refractivity contribution in [3.63, 3.8) is 0 Å². The van der Waals surface area contributed by atoms with E-state index in [4.69, 9.17) is 14.5 Å². The molecule has 1 heterocycles. The minimum atomic E-state index is -5.40. The van der Waals surface area contributed by atoms with E-state index in [0.29, 0.717) is 5.75 Å². The van der Waals surface area contributed by atoms with Crippen LogP contribution in [0.25, 0.3) is 0 Å². The number of hydrogen-bond donors (Lipinski definition) is 8. The first-order valence-electron chi connectivity index (χ1n) is 12.1. The number of aliphatic hydroxyl groups excluding tert-OH is 2. The van der Waals surface area contributed by atoms with E-state index in [9.17, 15) is 48.1 Å². The average Bonchev–Trinajstić information content (AvgIpc) is 3.09. The van der Waals surface area contributed by atoms with Gasteiger partial charge in [-0.05, 0) is 6.92 Å². The van der Waals surface area contributed by atoms with Crippen molar-refractivity contribution in [3.8, 4) is 0 Å². The zero-order valence-electron chi connectivity index (χ0n) is 23.1. The third-order valence-electron chi connectivity index (χ3n) is 5.41. The number of ether oxygens (including phenoxy) is 1. The first kappa shape index (κ1) is 39.2. The second-order valence-electron chi connectivity index (χ2n) is 9.64. The van der Waals surface area contributed by atoms with Gasteiger partial charge in [0.2, 0.25) is 11.8 Å². The van der Waals surface area contributed by atoms with Crippen molar-refractivity contribution >= 4 is 52.2 Å². The van der Waals surface area contributed by atoms with Gasteiger partial charge in [0, 0.05) is 37.6 Å². The first-order chi connectivity index (χ1) is 19.1. The molecule has 0 radical (unpaired) electrons. The third-order valence-corrected chi connectivity index (χ3v) is 9.32. The summed E-state index contributed by atoms with van der Waals surface area (Å²) in [6, 6.07) is 0. The molecule has 1 fully saturated rings. The molecule has 1 saturated heterocycles. The maximum atomic E-state index is 12.3. The topological polar surface area (TPSA) is 294 Å². The van der Waals surface area contributed by atoms with Crippen molar-refractivity contribution < 1.29 is 80.5 Å². The van der Waals surface area contributed by atoms with Crippen molar-refractivity contribution in [2.24, 2.45) is 5.41 Å². The van der Waals surface area contributed by atoms with E-state index >= 15 is 0 Å². The number of amides is 2. The molecule has 0 aromatic carbocycles. The number of phosphoric ester groups is 3. The second-order valence-corrected chi connectivity index (χ2v) is 15.1. The van der Waals surface area contributed by atoms with Gasteiger partial charge in [-0.3, -0.25) is 28.0 Å². The van der Waals surface area contributed by atoms with Crippen molar-refractivity contribution in [1.82, 2.24) is 10.6 Å². The maximum Gasteiger partial charge on any atom is 0.481 e. The Labute approximate surface area is 245 Å². The Morgan fingerprint density at radius 1 is 1.02 bits per heavy atom. The van der Waals surface area contributed by atoms with Gasteiger partial charge in [0.15, 0.2) is 5.12 Å². The minimum absolute atomic E-state index is 0.0996. The van der Waals surface area contributed by atoms with E-state index in [-0.39, 0.29) is 24.6 Å². The smallest absolute Gasteiger partial charge is 0.388 e. The highest BCUT2D eigenvalue weighted by molar-refractivity contribution is 8.13. The number of aliphatic hydroxyl groups is 2. The molecule has 2 amide bonds. The fourth-order valence-corrected chi connectivity index (χ4v) is 6.56. The van der Waals surface area contributed by atoms with Crippen molar-refractivity contribution in [2.75, 3.05) is 32.1 Å². The molecule has 6 unspecified atom stereocenters. The Kier molecular flexibility index (Phi) is 15.4. The molecule has 0 saturated carbocycles. The van der Waals surface area contributed by atoms with Crippen LogP contribution in [0.5, 0.6) is 0 Å². The standard InChI is InChI=1S/C19H37N2O17P3S/c1-11-15(24)16(37-39(27,28)29)13(36-11)9-34-40(30,31)38-41(32,33)35-10-19(3,4)17(25)18(26)21-6-5-14(23)20-7-8-42-12(2)22/h11,13,15-17,24-25H,5-10H2,1-4H3,(H,20,23)(H,21,26)(H,30,31)(H,32,33)(H2,27,28,29)/t11?,13?,15-,16?,17?/m0/s1. The number of carbonyl (C=O) groups excluding carboxylic acids is 3. The Balaban J connectivity index is 2.57. The molecule has 23 heteroatoms. The van der Waals surface area contributed by atoms with Gasteiger partial charge in [0.25, 0.3) is 0 Å². The number of nitrogens with one attached hydrogen (secondary N) is 2. The summed E-state index contributed by atoms with van der Waals surface area (Å²) in [4.78, 5) is 72.6. The Morgan fingerprint density at radius 3 is 2.19 bits per heavy atom. The van der Waals surface area contributed by atoms with Crippen molar-refractivity contribution in [1.29, 1.82) is 0 Å². The summed E-state index contributed by atoms with van der Waals surface area (Å²) in [6.45, 7) is 3.48. The highest BCUT2D eigenvalue weighted by Crippen LogP contribution is 2.61. The number of thioether (sulfide) groups is 1. The van der Waals surface area contributed by atoms with Crippen LogP contribution in [0.2, 0.25) is 0 Å². The summed E-state index contributed by atoms with van der Waals surface area (Å²) in [5.74, 6) is -0.988. The normalized spacial score (nSPS) is 24.8. The van der Waals surface area contributed by atoms with Crippen LogP contribution in [0, 0.1) is 5.41 Å². The molecule has 1 rings (SSSR count). The second kappa shape index (κ2) is 16.5. The van der Waals surface area contributed by atoms with Crippen LogP contribution in [0.3, 0.4) is 0 Å². The maximum absolute atomic E-state index is 12.3. The zero-order valence-corrected chi connectivity index (χ0v) is 26.6. The van der Waals surface area contributed by atoms with E-state index in [1.54, 1.807) is 0 Å². The fourth-order valence-electron chi connectivity index (χ4n) is 3.24. The summed E-state index contributed by atoms with van der Waals surface area (Å²) in [7, 11) is -15.9. The van der Waals surface area contributed by atoms with Gasteiger partial charge < -0.3 is 45.2 Å². The molecule has 246 valence electrons. The molecule has 0 aromatic heterocycles. The van der Waals surface area contributed by atoms with Crippen molar-refractivity contribution in [2.45, 2.75) is 64.6 Å². The fraction of sp³-hybridized carbons (Fsp3) is 0.842. The highest BCUT2D eigenvalue weighted by atomic mass is 32.2. The predicted octanol–water partition coefficient (Wildman–Crippen LogP) is -0.848. The van der Waals surface area contributed by atoms with Crippen LogP contribution in [0.4, 0.5) is 0 Å².